The molecule has 134 valence electrons. The molecule has 0 saturated carbocycles. The van der Waals surface area contributed by atoms with E-state index < -0.39 is 22.7 Å². The first-order chi connectivity index (χ1) is 11.1. The van der Waals surface area contributed by atoms with Crippen LogP contribution in [0.25, 0.3) is 0 Å². The van der Waals surface area contributed by atoms with Gasteiger partial charge in [-0.2, -0.15) is 12.7 Å². The molecule has 0 saturated heterocycles. The Morgan fingerprint density at radius 2 is 2.08 bits per heavy atom. The highest BCUT2D eigenvalue weighted by atomic mass is 32.2. The lowest BCUT2D eigenvalue weighted by Crippen LogP contribution is -2.34. The summed E-state index contributed by atoms with van der Waals surface area (Å²) in [6, 6.07) is 5.30. The van der Waals surface area contributed by atoms with E-state index in [2.05, 4.69) is 0 Å². The Bertz CT molecular complexity index is 729. The maximum Gasteiger partial charge on any atom is 0.425 e. The fourth-order valence-electron chi connectivity index (χ4n) is 2.39. The molecular formula is C15H21NO7S. The van der Waals surface area contributed by atoms with Gasteiger partial charge in [0, 0.05) is 19.2 Å². The molecule has 1 aliphatic rings. The van der Waals surface area contributed by atoms with E-state index in [9.17, 15) is 13.2 Å². The SMILES string of the molecule is CCOC1Oc2ccc(COC(=O)N(C)S(=O)(=O)O)cc2C1(C)C. The van der Waals surface area contributed by atoms with Crippen molar-refractivity contribution in [3.8, 4) is 5.75 Å². The largest absolute Gasteiger partial charge is 0.464 e. The Morgan fingerprint density at radius 1 is 1.42 bits per heavy atom. The molecule has 0 spiro atoms. The van der Waals surface area contributed by atoms with Crippen LogP contribution in [0, 0.1) is 0 Å². The molecule has 0 fully saturated rings. The van der Waals surface area contributed by atoms with Crippen molar-refractivity contribution in [1.29, 1.82) is 0 Å². The van der Waals surface area contributed by atoms with Gasteiger partial charge in [0.1, 0.15) is 12.4 Å². The predicted molar refractivity (Wildman–Crippen MR) is 85.0 cm³/mol. The Hall–Kier alpha value is -1.84. The molecule has 24 heavy (non-hydrogen) atoms. The molecular weight excluding hydrogens is 338 g/mol. The Labute approximate surface area is 141 Å². The summed E-state index contributed by atoms with van der Waals surface area (Å²) < 4.78 is 46.9. The molecule has 0 aliphatic carbocycles. The zero-order chi connectivity index (χ0) is 18.1. The first-order valence-corrected chi connectivity index (χ1v) is 8.76. The molecule has 9 heteroatoms. The second-order valence-corrected chi connectivity index (χ2v) is 7.40. The predicted octanol–water partition coefficient (Wildman–Crippen LogP) is 2.09. The van der Waals surface area contributed by atoms with Gasteiger partial charge in [0.15, 0.2) is 0 Å². The van der Waals surface area contributed by atoms with Crippen molar-refractivity contribution >= 4 is 16.4 Å². The fourth-order valence-corrected chi connectivity index (χ4v) is 2.63. The van der Waals surface area contributed by atoms with Crippen molar-refractivity contribution in [2.75, 3.05) is 13.7 Å². The Morgan fingerprint density at radius 3 is 2.67 bits per heavy atom. The molecule has 2 rings (SSSR count). The number of rotatable bonds is 5. The van der Waals surface area contributed by atoms with Crippen LogP contribution in [0.3, 0.4) is 0 Å². The van der Waals surface area contributed by atoms with E-state index in [1.54, 1.807) is 12.1 Å². The number of carbonyl (C=O) groups is 1. The summed E-state index contributed by atoms with van der Waals surface area (Å²) in [5, 5.41) is 0. The summed E-state index contributed by atoms with van der Waals surface area (Å²) in [6.07, 6.45) is -1.57. The van der Waals surface area contributed by atoms with E-state index in [1.807, 2.05) is 26.8 Å². The third kappa shape index (κ3) is 3.63. The second kappa shape index (κ2) is 6.58. The summed E-state index contributed by atoms with van der Waals surface area (Å²) in [4.78, 5) is 11.6. The number of nitrogens with zero attached hydrogens (tertiary/aromatic N) is 1. The van der Waals surface area contributed by atoms with Gasteiger partial charge in [-0.3, -0.25) is 4.55 Å². The monoisotopic (exact) mass is 359 g/mol. The minimum atomic E-state index is -4.63. The van der Waals surface area contributed by atoms with E-state index in [-0.39, 0.29) is 16.3 Å². The molecule has 1 amide bonds. The smallest absolute Gasteiger partial charge is 0.425 e. The van der Waals surface area contributed by atoms with Crippen LogP contribution in [0.5, 0.6) is 5.75 Å². The molecule has 0 aromatic heterocycles. The first kappa shape index (κ1) is 18.5. The third-order valence-electron chi connectivity index (χ3n) is 3.84. The van der Waals surface area contributed by atoms with Crippen LogP contribution in [0.2, 0.25) is 0 Å². The minimum Gasteiger partial charge on any atom is -0.464 e. The average Bonchev–Trinajstić information content (AvgIpc) is 2.74. The summed E-state index contributed by atoms with van der Waals surface area (Å²) >= 11 is 0. The van der Waals surface area contributed by atoms with Crippen LogP contribution >= 0.6 is 0 Å². The van der Waals surface area contributed by atoms with E-state index in [0.717, 1.165) is 12.6 Å². The van der Waals surface area contributed by atoms with Crippen LogP contribution in [0.4, 0.5) is 4.79 Å². The average molecular weight is 359 g/mol. The second-order valence-electron chi connectivity index (χ2n) is 5.96. The summed E-state index contributed by atoms with van der Waals surface area (Å²) in [7, 11) is -3.72. The number of ether oxygens (including phenoxy) is 3. The van der Waals surface area contributed by atoms with Gasteiger partial charge in [-0.1, -0.05) is 6.07 Å². The molecule has 1 heterocycles. The molecule has 1 unspecified atom stereocenters. The zero-order valence-corrected chi connectivity index (χ0v) is 14.8. The summed E-state index contributed by atoms with van der Waals surface area (Å²) in [5.74, 6) is 0.698. The van der Waals surface area contributed by atoms with Gasteiger partial charge in [-0.25, -0.2) is 4.79 Å². The summed E-state index contributed by atoms with van der Waals surface area (Å²) in [5.41, 5.74) is 1.20. The van der Waals surface area contributed by atoms with Gasteiger partial charge in [0.25, 0.3) is 0 Å². The zero-order valence-electron chi connectivity index (χ0n) is 14.0. The number of amides is 1. The van der Waals surface area contributed by atoms with Crippen molar-refractivity contribution in [2.45, 2.75) is 39.1 Å². The summed E-state index contributed by atoms with van der Waals surface area (Å²) in [6.45, 7) is 6.25. The van der Waals surface area contributed by atoms with E-state index >= 15 is 0 Å². The van der Waals surface area contributed by atoms with E-state index in [1.165, 1.54) is 0 Å². The fraction of sp³-hybridized carbons (Fsp3) is 0.533. The normalized spacial score (nSPS) is 18.6. The van der Waals surface area contributed by atoms with Crippen molar-refractivity contribution < 1.29 is 32.0 Å². The number of hydrogen-bond acceptors (Lipinski definition) is 6. The minimum absolute atomic E-state index is 0.124. The molecule has 1 aromatic carbocycles. The molecule has 0 radical (unpaired) electrons. The van der Waals surface area contributed by atoms with Gasteiger partial charge in [-0.05, 0) is 38.5 Å². The molecule has 0 bridgehead atoms. The van der Waals surface area contributed by atoms with Crippen molar-refractivity contribution in [1.82, 2.24) is 4.31 Å². The number of benzene rings is 1. The van der Waals surface area contributed by atoms with E-state index in [0.29, 0.717) is 17.9 Å². The van der Waals surface area contributed by atoms with Gasteiger partial charge in [0.05, 0.1) is 5.41 Å². The quantitative estimate of drug-likeness (QED) is 0.803. The molecule has 1 atom stereocenters. The first-order valence-electron chi connectivity index (χ1n) is 7.37. The van der Waals surface area contributed by atoms with E-state index in [4.69, 9.17) is 18.8 Å². The highest BCUT2D eigenvalue weighted by Crippen LogP contribution is 2.43. The highest BCUT2D eigenvalue weighted by Gasteiger charge is 2.42. The maximum atomic E-state index is 11.6. The lowest BCUT2D eigenvalue weighted by molar-refractivity contribution is -0.0981. The van der Waals surface area contributed by atoms with Crippen molar-refractivity contribution in [3.05, 3.63) is 29.3 Å². The van der Waals surface area contributed by atoms with Crippen LogP contribution in [-0.4, -0.2) is 43.3 Å². The topological polar surface area (TPSA) is 102 Å². The Balaban J connectivity index is 2.11. The third-order valence-corrected chi connectivity index (χ3v) is 4.69. The highest BCUT2D eigenvalue weighted by molar-refractivity contribution is 7.83. The van der Waals surface area contributed by atoms with Gasteiger partial charge < -0.3 is 14.2 Å². The lowest BCUT2D eigenvalue weighted by Gasteiger charge is -2.25. The van der Waals surface area contributed by atoms with Crippen molar-refractivity contribution in [2.24, 2.45) is 0 Å². The van der Waals surface area contributed by atoms with Gasteiger partial charge in [-0.15, -0.1) is 0 Å². The maximum absolute atomic E-state index is 11.6. The molecule has 1 N–H and O–H groups in total. The van der Waals surface area contributed by atoms with Crippen molar-refractivity contribution in [3.63, 3.8) is 0 Å². The van der Waals surface area contributed by atoms with Crippen LogP contribution in [0.1, 0.15) is 31.9 Å². The van der Waals surface area contributed by atoms with Crippen LogP contribution < -0.4 is 4.74 Å². The Kier molecular flexibility index (Phi) is 5.07. The number of carbonyl (C=O) groups excluding carboxylic acids is 1. The number of fused-ring (bicyclic) bond motifs is 1. The lowest BCUT2D eigenvalue weighted by atomic mass is 9.84. The van der Waals surface area contributed by atoms with Crippen LogP contribution in [-0.2, 0) is 31.8 Å². The molecule has 1 aliphatic heterocycles. The molecule has 8 nitrogen and oxygen atoms in total. The van der Waals surface area contributed by atoms with Gasteiger partial charge in [0.2, 0.25) is 6.29 Å². The van der Waals surface area contributed by atoms with Crippen LogP contribution in [0.15, 0.2) is 18.2 Å². The number of hydrogen-bond donors (Lipinski definition) is 1. The molecule has 1 aromatic rings. The standard InChI is InChI=1S/C15H21NO7S/c1-5-21-13-15(2,3)11-8-10(6-7-12(11)23-13)9-22-14(17)16(4)24(18,19)20/h6-8,13H,5,9H2,1-4H3,(H,18,19,20). The van der Waals surface area contributed by atoms with Gasteiger partial charge >= 0.3 is 16.4 Å².